The number of amides is 1. The predicted octanol–water partition coefficient (Wildman–Crippen LogP) is 4.18. The lowest BCUT2D eigenvalue weighted by molar-refractivity contribution is 0.0978. The summed E-state index contributed by atoms with van der Waals surface area (Å²) in [4.78, 5) is 13.0. The lowest BCUT2D eigenvalue weighted by atomic mass is 10.1. The van der Waals surface area contributed by atoms with E-state index in [-0.39, 0.29) is 31.4 Å². The van der Waals surface area contributed by atoms with Gasteiger partial charge in [-0.05, 0) is 69.5 Å². The summed E-state index contributed by atoms with van der Waals surface area (Å²) in [5.74, 6) is 1.34. The number of carbonyl (C=O) groups is 1. The molecule has 0 unspecified atom stereocenters. The Bertz CT molecular complexity index is 1030. The molecule has 0 spiro atoms. The molecule has 1 atom stereocenters. The summed E-state index contributed by atoms with van der Waals surface area (Å²) in [6.45, 7) is 8.57. The van der Waals surface area contributed by atoms with Gasteiger partial charge in [-0.2, -0.15) is 4.31 Å². The molecule has 1 amide bonds. The van der Waals surface area contributed by atoms with E-state index in [0.29, 0.717) is 24.5 Å². The van der Waals surface area contributed by atoms with E-state index in [9.17, 15) is 18.3 Å². The second kappa shape index (κ2) is 13.6. The molecule has 0 aliphatic heterocycles. The summed E-state index contributed by atoms with van der Waals surface area (Å²) in [6, 6.07) is 14.7. The lowest BCUT2D eigenvalue weighted by Gasteiger charge is -2.34. The molecular weight excluding hydrogens is 494 g/mol. The van der Waals surface area contributed by atoms with Crippen molar-refractivity contribution >= 4 is 16.1 Å². The maximum Gasteiger partial charge on any atom is 0.407 e. The van der Waals surface area contributed by atoms with Gasteiger partial charge in [0.25, 0.3) is 0 Å². The fourth-order valence-corrected chi connectivity index (χ4v) is 5.15. The van der Waals surface area contributed by atoms with Crippen molar-refractivity contribution in [1.82, 2.24) is 14.5 Å². The predicted molar refractivity (Wildman–Crippen MR) is 146 cm³/mol. The van der Waals surface area contributed by atoms with Crippen LogP contribution in [0.4, 0.5) is 4.79 Å². The van der Waals surface area contributed by atoms with Crippen LogP contribution in [-0.2, 0) is 23.1 Å². The molecule has 0 fully saturated rings. The number of nitrogens with one attached hydrogen (secondary N) is 1. The minimum Gasteiger partial charge on any atom is -0.497 e. The summed E-state index contributed by atoms with van der Waals surface area (Å²) < 4.78 is 38.7. The van der Waals surface area contributed by atoms with E-state index in [1.807, 2.05) is 76.2 Å². The van der Waals surface area contributed by atoms with Crippen LogP contribution in [0.1, 0.15) is 45.2 Å². The van der Waals surface area contributed by atoms with Crippen molar-refractivity contribution in [3.8, 4) is 11.5 Å². The highest BCUT2D eigenvalue weighted by Gasteiger charge is 2.26. The van der Waals surface area contributed by atoms with Crippen LogP contribution in [-0.4, -0.2) is 73.5 Å². The van der Waals surface area contributed by atoms with Crippen molar-refractivity contribution in [2.24, 2.45) is 0 Å². The molecule has 0 bridgehead atoms. The van der Waals surface area contributed by atoms with Crippen LogP contribution in [0.25, 0.3) is 0 Å². The molecule has 0 saturated heterocycles. The third-order valence-electron chi connectivity index (χ3n) is 6.11. The quantitative estimate of drug-likeness (QED) is 0.374. The highest BCUT2D eigenvalue weighted by molar-refractivity contribution is 7.89. The first-order valence-electron chi connectivity index (χ1n) is 12.3. The first-order valence-corrected chi connectivity index (χ1v) is 13.9. The van der Waals surface area contributed by atoms with E-state index in [0.717, 1.165) is 11.1 Å². The molecule has 0 saturated carbocycles. The fourth-order valence-electron chi connectivity index (χ4n) is 3.83. The minimum absolute atomic E-state index is 0.0453. The van der Waals surface area contributed by atoms with E-state index in [4.69, 9.17) is 9.47 Å². The second-order valence-corrected chi connectivity index (χ2v) is 12.1. The van der Waals surface area contributed by atoms with Crippen LogP contribution in [0.5, 0.6) is 11.5 Å². The third kappa shape index (κ3) is 9.87. The van der Waals surface area contributed by atoms with Gasteiger partial charge in [0.2, 0.25) is 10.0 Å². The number of benzene rings is 2. The van der Waals surface area contributed by atoms with Gasteiger partial charge in [-0.25, -0.2) is 13.2 Å². The summed E-state index contributed by atoms with van der Waals surface area (Å²) in [6.07, 6.45) is -0.389. The van der Waals surface area contributed by atoms with Crippen molar-refractivity contribution in [3.05, 3.63) is 59.7 Å². The molecule has 10 heteroatoms. The first kappa shape index (κ1) is 30.4. The molecule has 37 heavy (non-hydrogen) atoms. The van der Waals surface area contributed by atoms with E-state index in [1.54, 1.807) is 14.2 Å². The highest BCUT2D eigenvalue weighted by atomic mass is 32.2. The average molecular weight is 536 g/mol. The summed E-state index contributed by atoms with van der Waals surface area (Å²) in [7, 11) is -0.432. The highest BCUT2D eigenvalue weighted by Crippen LogP contribution is 2.19. The van der Waals surface area contributed by atoms with Crippen molar-refractivity contribution in [2.45, 2.75) is 58.8 Å². The molecule has 2 aromatic rings. The average Bonchev–Trinajstić information content (AvgIpc) is 2.83. The van der Waals surface area contributed by atoms with Gasteiger partial charge in [-0.15, -0.1) is 0 Å². The van der Waals surface area contributed by atoms with Crippen LogP contribution in [0, 0.1) is 0 Å². The van der Waals surface area contributed by atoms with Gasteiger partial charge >= 0.3 is 6.09 Å². The zero-order chi connectivity index (χ0) is 27.6. The van der Waals surface area contributed by atoms with E-state index < -0.39 is 21.7 Å². The van der Waals surface area contributed by atoms with E-state index in [2.05, 4.69) is 5.32 Å². The maximum absolute atomic E-state index is 13.4. The number of carboxylic acid groups (broad SMARTS) is 1. The van der Waals surface area contributed by atoms with Crippen molar-refractivity contribution < 1.29 is 27.8 Å². The number of ether oxygens (including phenoxy) is 2. The SMILES string of the molecule is COc1ccc(CN(Cc2ccc(OC)cc2)S(=O)(=O)CCN[C@H](C)CCN(C(=O)O)C(C)(C)C)cc1. The topological polar surface area (TPSA) is 108 Å². The van der Waals surface area contributed by atoms with E-state index >= 15 is 0 Å². The number of nitrogens with zero attached hydrogens (tertiary/aromatic N) is 2. The molecule has 0 aliphatic rings. The molecule has 2 rings (SSSR count). The third-order valence-corrected chi connectivity index (χ3v) is 7.87. The van der Waals surface area contributed by atoms with Crippen LogP contribution in [0.2, 0.25) is 0 Å². The molecule has 9 nitrogen and oxygen atoms in total. The maximum atomic E-state index is 13.4. The lowest BCUT2D eigenvalue weighted by Crippen LogP contribution is -2.47. The Hall–Kier alpha value is -2.82. The molecule has 206 valence electrons. The number of rotatable bonds is 14. The molecule has 2 N–H and O–H groups in total. The smallest absolute Gasteiger partial charge is 0.407 e. The van der Waals surface area contributed by atoms with Gasteiger partial charge < -0.3 is 24.8 Å². The van der Waals surface area contributed by atoms with Crippen LogP contribution >= 0.6 is 0 Å². The number of sulfonamides is 1. The second-order valence-electron chi connectivity index (χ2n) is 10.0. The van der Waals surface area contributed by atoms with Gasteiger partial charge in [0.1, 0.15) is 11.5 Å². The molecular formula is C27H41N3O6S. The normalized spacial score (nSPS) is 12.8. The number of hydrogen-bond acceptors (Lipinski definition) is 6. The zero-order valence-corrected chi connectivity index (χ0v) is 23.5. The largest absolute Gasteiger partial charge is 0.497 e. The monoisotopic (exact) mass is 535 g/mol. The van der Waals surface area contributed by atoms with Gasteiger partial charge in [0, 0.05) is 37.8 Å². The Morgan fingerprint density at radius 2 is 1.41 bits per heavy atom. The van der Waals surface area contributed by atoms with Gasteiger partial charge in [0.15, 0.2) is 0 Å². The molecule has 0 heterocycles. The van der Waals surface area contributed by atoms with Crippen molar-refractivity contribution in [2.75, 3.05) is 33.1 Å². The Morgan fingerprint density at radius 3 is 1.78 bits per heavy atom. The Labute approximate surface area is 221 Å². The van der Waals surface area contributed by atoms with Crippen LogP contribution in [0.3, 0.4) is 0 Å². The van der Waals surface area contributed by atoms with Crippen LogP contribution in [0.15, 0.2) is 48.5 Å². The molecule has 0 radical (unpaired) electrons. The number of methoxy groups -OCH3 is 2. The summed E-state index contributed by atoms with van der Waals surface area (Å²) in [5, 5.41) is 12.7. The van der Waals surface area contributed by atoms with Crippen molar-refractivity contribution in [3.63, 3.8) is 0 Å². The molecule has 0 aliphatic carbocycles. The number of hydrogen-bond donors (Lipinski definition) is 2. The van der Waals surface area contributed by atoms with Crippen molar-refractivity contribution in [1.29, 1.82) is 0 Å². The zero-order valence-electron chi connectivity index (χ0n) is 22.7. The summed E-state index contributed by atoms with van der Waals surface area (Å²) >= 11 is 0. The Balaban J connectivity index is 2.05. The Kier molecular flexibility index (Phi) is 11.2. The minimum atomic E-state index is -3.61. The standard InChI is InChI=1S/C27H41N3O6S/c1-21(15-17-30(26(31)32)27(2,3)4)28-16-18-37(33,34)29(19-22-7-11-24(35-5)12-8-22)20-23-9-13-25(36-6)14-10-23/h7-14,21,28H,15-20H2,1-6H3,(H,31,32)/t21-/m1/s1. The summed E-state index contributed by atoms with van der Waals surface area (Å²) in [5.41, 5.74) is 1.21. The van der Waals surface area contributed by atoms with Gasteiger partial charge in [-0.3, -0.25) is 0 Å². The molecule has 2 aromatic carbocycles. The van der Waals surface area contributed by atoms with Gasteiger partial charge in [-0.1, -0.05) is 24.3 Å². The van der Waals surface area contributed by atoms with Gasteiger partial charge in [0.05, 0.1) is 20.0 Å². The van der Waals surface area contributed by atoms with Crippen LogP contribution < -0.4 is 14.8 Å². The fraction of sp³-hybridized carbons (Fsp3) is 0.519. The first-order chi connectivity index (χ1) is 17.4. The molecule has 0 aromatic heterocycles. The Morgan fingerprint density at radius 1 is 0.946 bits per heavy atom. The van der Waals surface area contributed by atoms with E-state index in [1.165, 1.54) is 9.21 Å².